The maximum Gasteiger partial charge on any atom is 0.358 e. The van der Waals surface area contributed by atoms with Crippen LogP contribution >= 0.6 is 24.0 Å². The molecule has 10 heteroatoms. The highest BCUT2D eigenvalue weighted by atomic mass is 32.2. The minimum absolute atomic E-state index is 0.0895. The fourth-order valence-electron chi connectivity index (χ4n) is 4.50. The molecule has 1 saturated heterocycles. The molecule has 3 aromatic rings. The number of hydrogen-bond donors (Lipinski definition) is 1. The number of esters is 1. The lowest BCUT2D eigenvalue weighted by atomic mass is 9.89. The maximum absolute atomic E-state index is 13.7. The van der Waals surface area contributed by atoms with E-state index in [9.17, 15) is 14.4 Å². The van der Waals surface area contributed by atoms with Gasteiger partial charge in [-0.3, -0.25) is 14.5 Å². The van der Waals surface area contributed by atoms with Crippen molar-refractivity contribution >= 4 is 40.8 Å². The van der Waals surface area contributed by atoms with Crippen LogP contribution in [0.15, 0.2) is 59.4 Å². The largest absolute Gasteiger partial charge is 0.464 e. The highest BCUT2D eigenvalue weighted by molar-refractivity contribution is 8.04. The molecule has 0 saturated carbocycles. The number of aromatic nitrogens is 2. The van der Waals surface area contributed by atoms with Gasteiger partial charge < -0.3 is 10.5 Å². The van der Waals surface area contributed by atoms with E-state index in [1.54, 1.807) is 49.4 Å². The zero-order valence-corrected chi connectivity index (χ0v) is 20.2. The molecule has 172 valence electrons. The summed E-state index contributed by atoms with van der Waals surface area (Å²) in [5.74, 6) is -1.12. The standard InChI is InChI=1S/C24H20N4O4S2/c1-13-9-11-15(12-10-13)28-20(30)17-16(18(26-28)21(31)32-3)23(2)27(22(33)24(17,25)34-23)19(29)14-7-5-4-6-8-14/h4-12H,25H2,1-3H3. The average Bonchev–Trinajstić information content (AvgIpc) is 3.20. The number of thioether (sulfide) groups is 1. The second kappa shape index (κ2) is 7.59. The van der Waals surface area contributed by atoms with Gasteiger partial charge in [-0.05, 0) is 38.1 Å². The Morgan fingerprint density at radius 1 is 1.09 bits per heavy atom. The van der Waals surface area contributed by atoms with E-state index in [-0.39, 0.29) is 27.7 Å². The molecule has 2 aromatic carbocycles. The molecular weight excluding hydrogens is 472 g/mol. The van der Waals surface area contributed by atoms with Gasteiger partial charge in [-0.2, -0.15) is 9.78 Å². The number of hydrogen-bond acceptors (Lipinski definition) is 8. The summed E-state index contributed by atoms with van der Waals surface area (Å²) in [5.41, 5.74) is 8.43. The van der Waals surface area contributed by atoms with E-state index < -0.39 is 21.3 Å². The predicted molar refractivity (Wildman–Crippen MR) is 132 cm³/mol. The van der Waals surface area contributed by atoms with Gasteiger partial charge in [0.15, 0.2) is 5.69 Å². The summed E-state index contributed by atoms with van der Waals surface area (Å²) in [6.07, 6.45) is 0. The lowest BCUT2D eigenvalue weighted by Gasteiger charge is -2.37. The summed E-state index contributed by atoms with van der Waals surface area (Å²) in [4.78, 5) is 38.9. The van der Waals surface area contributed by atoms with E-state index in [1.165, 1.54) is 12.0 Å². The maximum atomic E-state index is 13.7. The molecule has 2 unspecified atom stereocenters. The zero-order valence-electron chi connectivity index (χ0n) is 18.6. The summed E-state index contributed by atoms with van der Waals surface area (Å²) < 4.78 is 6.14. The highest BCUT2D eigenvalue weighted by Crippen LogP contribution is 2.64. The summed E-state index contributed by atoms with van der Waals surface area (Å²) >= 11 is 6.82. The molecule has 3 heterocycles. The number of rotatable bonds is 3. The summed E-state index contributed by atoms with van der Waals surface area (Å²) in [6.45, 7) is 3.64. The van der Waals surface area contributed by atoms with Crippen molar-refractivity contribution in [2.75, 3.05) is 7.11 Å². The van der Waals surface area contributed by atoms with Crippen LogP contribution in [0.1, 0.15) is 44.5 Å². The summed E-state index contributed by atoms with van der Waals surface area (Å²) in [5, 5.41) is 4.38. The van der Waals surface area contributed by atoms with Crippen molar-refractivity contribution in [2.45, 2.75) is 23.6 Å². The number of amides is 1. The van der Waals surface area contributed by atoms with Crippen LogP contribution in [0.2, 0.25) is 0 Å². The fourth-order valence-corrected chi connectivity index (χ4v) is 6.72. The Labute approximate surface area is 204 Å². The third kappa shape index (κ3) is 2.92. The van der Waals surface area contributed by atoms with Gasteiger partial charge in [-0.1, -0.05) is 59.9 Å². The van der Waals surface area contributed by atoms with E-state index >= 15 is 0 Å². The van der Waals surface area contributed by atoms with E-state index in [1.807, 2.05) is 19.1 Å². The van der Waals surface area contributed by atoms with Gasteiger partial charge in [0.1, 0.15) is 14.7 Å². The topological polar surface area (TPSA) is 108 Å². The predicted octanol–water partition coefficient (Wildman–Crippen LogP) is 2.84. The van der Waals surface area contributed by atoms with Crippen LogP contribution < -0.4 is 11.3 Å². The monoisotopic (exact) mass is 492 g/mol. The molecule has 0 radical (unpaired) electrons. The van der Waals surface area contributed by atoms with E-state index in [0.717, 1.165) is 22.0 Å². The number of nitrogens with two attached hydrogens (primary N) is 1. The molecule has 34 heavy (non-hydrogen) atoms. The van der Waals surface area contributed by atoms with Gasteiger partial charge >= 0.3 is 5.97 Å². The van der Waals surface area contributed by atoms with Crippen molar-refractivity contribution in [3.05, 3.63) is 92.9 Å². The molecule has 2 N–H and O–H groups in total. The third-order valence-corrected chi connectivity index (χ3v) is 8.25. The number of nitrogens with zero attached hydrogens (tertiary/aromatic N) is 3. The Hall–Kier alpha value is -3.34. The SMILES string of the molecule is COC(=O)c1nn(-c2ccc(C)cc2)c(=O)c2c1C1(C)SC2(N)C(=S)N1C(=O)c1ccccc1. The fraction of sp³-hybridized carbons (Fsp3) is 0.208. The van der Waals surface area contributed by atoms with Crippen molar-refractivity contribution < 1.29 is 14.3 Å². The Kier molecular flexibility index (Phi) is 5.01. The lowest BCUT2D eigenvalue weighted by molar-refractivity contribution is 0.0583. The van der Waals surface area contributed by atoms with Crippen molar-refractivity contribution in [2.24, 2.45) is 5.73 Å². The number of ether oxygens (including phenoxy) is 1. The average molecular weight is 493 g/mol. The first-order valence-corrected chi connectivity index (χ1v) is 11.6. The highest BCUT2D eigenvalue weighted by Gasteiger charge is 2.67. The van der Waals surface area contributed by atoms with Crippen LogP contribution in [-0.4, -0.2) is 38.7 Å². The van der Waals surface area contributed by atoms with Crippen LogP contribution in [-0.2, 0) is 14.5 Å². The van der Waals surface area contributed by atoms with E-state index in [2.05, 4.69) is 5.10 Å². The normalized spacial score (nSPS) is 22.6. The van der Waals surface area contributed by atoms with Gasteiger partial charge in [0.25, 0.3) is 11.5 Å². The summed E-state index contributed by atoms with van der Waals surface area (Å²) in [6, 6.07) is 15.8. The number of aryl methyl sites for hydroxylation is 1. The Bertz CT molecular complexity index is 1440. The quantitative estimate of drug-likeness (QED) is 0.439. The first-order chi connectivity index (χ1) is 16.1. The third-order valence-electron chi connectivity index (χ3n) is 6.12. The van der Waals surface area contributed by atoms with Crippen LogP contribution in [0, 0.1) is 6.92 Å². The van der Waals surface area contributed by atoms with Crippen LogP contribution in [0.3, 0.4) is 0 Å². The Balaban J connectivity index is 1.79. The number of fused-ring (bicyclic) bond motifs is 5. The number of carbonyl (C=O) groups is 2. The molecule has 1 aromatic heterocycles. The zero-order chi connectivity index (χ0) is 24.4. The number of methoxy groups -OCH3 is 1. The van der Waals surface area contributed by atoms with Crippen molar-refractivity contribution in [3.63, 3.8) is 0 Å². The van der Waals surface area contributed by atoms with E-state index in [4.69, 9.17) is 22.7 Å². The molecular formula is C24H20N4O4S2. The molecule has 2 atom stereocenters. The van der Waals surface area contributed by atoms with Gasteiger partial charge in [0, 0.05) is 11.1 Å². The van der Waals surface area contributed by atoms with Crippen LogP contribution in [0.4, 0.5) is 0 Å². The van der Waals surface area contributed by atoms with Gasteiger partial charge in [0.05, 0.1) is 18.4 Å². The van der Waals surface area contributed by atoms with Crippen molar-refractivity contribution in [1.82, 2.24) is 14.7 Å². The van der Waals surface area contributed by atoms with E-state index in [0.29, 0.717) is 11.3 Å². The molecule has 0 aliphatic carbocycles. The van der Waals surface area contributed by atoms with Gasteiger partial charge in [0.2, 0.25) is 0 Å². The number of thiocarbonyl (C=S) groups is 1. The van der Waals surface area contributed by atoms with Crippen LogP contribution in [0.5, 0.6) is 0 Å². The smallest absolute Gasteiger partial charge is 0.358 e. The molecule has 1 amide bonds. The summed E-state index contributed by atoms with van der Waals surface area (Å²) in [7, 11) is 1.23. The molecule has 1 fully saturated rings. The Morgan fingerprint density at radius 2 is 1.74 bits per heavy atom. The molecule has 0 spiro atoms. The molecule has 2 aliphatic heterocycles. The second-order valence-electron chi connectivity index (χ2n) is 8.28. The minimum atomic E-state index is -1.50. The molecule has 8 nitrogen and oxygen atoms in total. The van der Waals surface area contributed by atoms with Crippen molar-refractivity contribution in [3.8, 4) is 5.69 Å². The number of benzene rings is 2. The first-order valence-electron chi connectivity index (χ1n) is 10.4. The first kappa shape index (κ1) is 22.5. The Morgan fingerprint density at radius 3 is 2.35 bits per heavy atom. The second-order valence-corrected chi connectivity index (χ2v) is 10.3. The molecule has 2 aliphatic rings. The lowest BCUT2D eigenvalue weighted by Crippen LogP contribution is -2.55. The molecule has 2 bridgehead atoms. The van der Waals surface area contributed by atoms with Gasteiger partial charge in [-0.15, -0.1) is 0 Å². The minimum Gasteiger partial charge on any atom is -0.464 e. The molecule has 5 rings (SSSR count). The number of carbonyl (C=O) groups excluding carboxylic acids is 2. The van der Waals surface area contributed by atoms with Crippen LogP contribution in [0.25, 0.3) is 5.69 Å². The van der Waals surface area contributed by atoms with Crippen molar-refractivity contribution in [1.29, 1.82) is 0 Å². The van der Waals surface area contributed by atoms with Gasteiger partial charge in [-0.25, -0.2) is 4.79 Å².